The topological polar surface area (TPSA) is 98.2 Å². The maximum absolute atomic E-state index is 13.4. The van der Waals surface area contributed by atoms with E-state index in [1.807, 2.05) is 12.1 Å². The lowest BCUT2D eigenvalue weighted by Gasteiger charge is -2.12. The first kappa shape index (κ1) is 23.0. The fourth-order valence-corrected chi connectivity index (χ4v) is 4.05. The molecule has 0 unspecified atom stereocenters. The van der Waals surface area contributed by atoms with Crippen LogP contribution >= 0.6 is 0 Å². The van der Waals surface area contributed by atoms with Gasteiger partial charge in [-0.25, -0.2) is 18.2 Å². The maximum Gasteiger partial charge on any atom is 0.435 e. The zero-order chi connectivity index (χ0) is 23.0. The van der Waals surface area contributed by atoms with Crippen molar-refractivity contribution in [1.29, 1.82) is 0 Å². The highest BCUT2D eigenvalue weighted by molar-refractivity contribution is 7.89. The van der Waals surface area contributed by atoms with E-state index in [0.29, 0.717) is 11.5 Å². The predicted octanol–water partition coefficient (Wildman–Crippen LogP) is 3.90. The van der Waals surface area contributed by atoms with Gasteiger partial charge in [0, 0.05) is 5.56 Å². The van der Waals surface area contributed by atoms with Crippen molar-refractivity contribution in [3.05, 3.63) is 65.4 Å². The molecule has 31 heavy (non-hydrogen) atoms. The Labute approximate surface area is 178 Å². The average molecular weight is 453 g/mol. The number of alkyl halides is 3. The largest absolute Gasteiger partial charge is 0.435 e. The Kier molecular flexibility index (Phi) is 6.26. The molecular formula is C21H22F3N3O3S. The van der Waals surface area contributed by atoms with Crippen LogP contribution in [0.2, 0.25) is 0 Å². The highest BCUT2D eigenvalue weighted by Crippen LogP contribution is 2.34. The minimum Gasteiger partial charge on any atom is -0.392 e. The summed E-state index contributed by atoms with van der Waals surface area (Å²) >= 11 is 0. The van der Waals surface area contributed by atoms with Crippen LogP contribution in [0.3, 0.4) is 0 Å². The molecule has 0 fully saturated rings. The minimum absolute atomic E-state index is 0.0395. The Bertz CT molecular complexity index is 1180. The summed E-state index contributed by atoms with van der Waals surface area (Å²) in [5.41, 5.74) is 0.776. The Balaban J connectivity index is 2.15. The first-order valence-electron chi connectivity index (χ1n) is 9.43. The second kappa shape index (κ2) is 8.45. The van der Waals surface area contributed by atoms with Crippen LogP contribution in [0, 0.1) is 5.92 Å². The van der Waals surface area contributed by atoms with E-state index in [4.69, 9.17) is 5.14 Å². The minimum atomic E-state index is -4.67. The fraction of sp³-hybridized carbons (Fsp3) is 0.286. The third-order valence-corrected chi connectivity index (χ3v) is 5.67. The van der Waals surface area contributed by atoms with E-state index < -0.39 is 28.5 Å². The predicted molar refractivity (Wildman–Crippen MR) is 110 cm³/mol. The van der Waals surface area contributed by atoms with Crippen LogP contribution in [0.4, 0.5) is 13.2 Å². The lowest BCUT2D eigenvalue weighted by molar-refractivity contribution is -0.141. The molecule has 0 saturated heterocycles. The van der Waals surface area contributed by atoms with Crippen molar-refractivity contribution in [2.75, 3.05) is 0 Å². The smallest absolute Gasteiger partial charge is 0.392 e. The van der Waals surface area contributed by atoms with Crippen LogP contribution in [0.5, 0.6) is 0 Å². The molecule has 0 atom stereocenters. The molecule has 0 bridgehead atoms. The third-order valence-electron chi connectivity index (χ3n) is 4.66. The standard InChI is InChI=1S/C21H22F3N3O3S/c1-13(2)9-14-3-5-15(6-4-14)18-11-20(21(22,23)24)26-27(18)17-7-8-19(31(25,29)30)16(10-17)12-28/h3-8,10-11,13,28H,9,12H2,1-2H3,(H2,25,29,30). The normalized spacial score (nSPS) is 12.5. The third kappa shape index (κ3) is 5.15. The molecule has 2 aromatic carbocycles. The number of aromatic nitrogens is 2. The van der Waals surface area contributed by atoms with Gasteiger partial charge in [-0.3, -0.25) is 0 Å². The average Bonchev–Trinajstić information content (AvgIpc) is 3.13. The first-order valence-corrected chi connectivity index (χ1v) is 11.0. The van der Waals surface area contributed by atoms with Crippen molar-refractivity contribution in [3.8, 4) is 16.9 Å². The van der Waals surface area contributed by atoms with Crippen LogP contribution < -0.4 is 5.14 Å². The van der Waals surface area contributed by atoms with Gasteiger partial charge in [-0.05, 0) is 47.7 Å². The molecular weight excluding hydrogens is 431 g/mol. The van der Waals surface area contributed by atoms with Crippen LogP contribution in [0.25, 0.3) is 16.9 Å². The number of nitrogens with two attached hydrogens (primary N) is 1. The maximum atomic E-state index is 13.4. The van der Waals surface area contributed by atoms with Crippen LogP contribution in [-0.2, 0) is 29.2 Å². The SMILES string of the molecule is CC(C)Cc1ccc(-c2cc(C(F)(F)F)nn2-c2ccc(S(N)(=O)=O)c(CO)c2)cc1. The first-order chi connectivity index (χ1) is 14.4. The van der Waals surface area contributed by atoms with Crippen LogP contribution in [-0.4, -0.2) is 23.3 Å². The number of hydrogen-bond acceptors (Lipinski definition) is 4. The molecule has 166 valence electrons. The Hall–Kier alpha value is -2.69. The summed E-state index contributed by atoms with van der Waals surface area (Å²) < 4.78 is 64.6. The number of aliphatic hydroxyl groups is 1. The number of nitrogens with zero attached hydrogens (tertiary/aromatic N) is 2. The fourth-order valence-electron chi connectivity index (χ4n) is 3.30. The summed E-state index contributed by atoms with van der Waals surface area (Å²) in [5.74, 6) is 0.433. The molecule has 0 spiro atoms. The van der Waals surface area contributed by atoms with Crippen molar-refractivity contribution in [2.45, 2.75) is 37.9 Å². The Morgan fingerprint density at radius 2 is 1.74 bits per heavy atom. The van der Waals surface area contributed by atoms with Crippen molar-refractivity contribution in [3.63, 3.8) is 0 Å². The number of rotatable bonds is 6. The van der Waals surface area contributed by atoms with Crippen molar-refractivity contribution in [2.24, 2.45) is 11.1 Å². The highest BCUT2D eigenvalue weighted by atomic mass is 32.2. The molecule has 0 amide bonds. The highest BCUT2D eigenvalue weighted by Gasteiger charge is 2.35. The summed E-state index contributed by atoms with van der Waals surface area (Å²) in [5, 5.41) is 18.4. The lowest BCUT2D eigenvalue weighted by atomic mass is 10.0. The van der Waals surface area contributed by atoms with Gasteiger partial charge in [0.2, 0.25) is 10.0 Å². The molecule has 0 aliphatic rings. The summed E-state index contributed by atoms with van der Waals surface area (Å²) in [6.07, 6.45) is -3.83. The Morgan fingerprint density at radius 3 is 2.26 bits per heavy atom. The van der Waals surface area contributed by atoms with E-state index in [1.165, 1.54) is 12.1 Å². The molecule has 10 heteroatoms. The number of sulfonamides is 1. The molecule has 1 heterocycles. The monoisotopic (exact) mass is 453 g/mol. The molecule has 0 aliphatic carbocycles. The van der Waals surface area contributed by atoms with Gasteiger partial charge in [0.25, 0.3) is 0 Å². The van der Waals surface area contributed by atoms with E-state index in [-0.39, 0.29) is 21.8 Å². The van der Waals surface area contributed by atoms with Gasteiger partial charge in [0.1, 0.15) is 0 Å². The van der Waals surface area contributed by atoms with Gasteiger partial charge in [0.15, 0.2) is 5.69 Å². The molecule has 3 aromatic rings. The summed E-state index contributed by atoms with van der Waals surface area (Å²) in [7, 11) is -4.11. The van der Waals surface area contributed by atoms with Gasteiger partial charge < -0.3 is 5.11 Å². The summed E-state index contributed by atoms with van der Waals surface area (Å²) in [6, 6.07) is 11.8. The molecule has 0 radical (unpaired) electrons. The van der Waals surface area contributed by atoms with Gasteiger partial charge in [0.05, 0.1) is 22.9 Å². The van der Waals surface area contributed by atoms with E-state index >= 15 is 0 Å². The summed E-state index contributed by atoms with van der Waals surface area (Å²) in [4.78, 5) is -0.304. The number of aliphatic hydroxyl groups excluding tert-OH is 1. The van der Waals surface area contributed by atoms with Gasteiger partial charge in [-0.2, -0.15) is 18.3 Å². The second-order valence-corrected chi connectivity index (χ2v) is 9.14. The van der Waals surface area contributed by atoms with E-state index in [0.717, 1.165) is 28.8 Å². The number of halogens is 3. The molecule has 0 aliphatic heterocycles. The molecule has 6 nitrogen and oxygen atoms in total. The number of hydrogen-bond donors (Lipinski definition) is 2. The quantitative estimate of drug-likeness (QED) is 0.592. The van der Waals surface area contributed by atoms with Crippen molar-refractivity contribution >= 4 is 10.0 Å². The van der Waals surface area contributed by atoms with Gasteiger partial charge >= 0.3 is 6.18 Å². The van der Waals surface area contributed by atoms with Crippen LogP contribution in [0.1, 0.15) is 30.7 Å². The number of primary sulfonamides is 1. The van der Waals surface area contributed by atoms with Gasteiger partial charge in [-0.1, -0.05) is 38.1 Å². The van der Waals surface area contributed by atoms with E-state index in [2.05, 4.69) is 18.9 Å². The molecule has 3 N–H and O–H groups in total. The Morgan fingerprint density at radius 1 is 1.10 bits per heavy atom. The second-order valence-electron chi connectivity index (χ2n) is 7.61. The number of benzene rings is 2. The zero-order valence-corrected chi connectivity index (χ0v) is 17.7. The molecule has 3 rings (SSSR count). The van der Waals surface area contributed by atoms with E-state index in [9.17, 15) is 26.7 Å². The molecule has 0 saturated carbocycles. The van der Waals surface area contributed by atoms with E-state index in [1.54, 1.807) is 12.1 Å². The van der Waals surface area contributed by atoms with Crippen molar-refractivity contribution in [1.82, 2.24) is 9.78 Å². The van der Waals surface area contributed by atoms with Crippen molar-refractivity contribution < 1.29 is 26.7 Å². The molecule has 1 aromatic heterocycles. The summed E-state index contributed by atoms with van der Waals surface area (Å²) in [6.45, 7) is 3.48. The lowest BCUT2D eigenvalue weighted by Crippen LogP contribution is -2.15. The zero-order valence-electron chi connectivity index (χ0n) is 16.9. The van der Waals surface area contributed by atoms with Crippen LogP contribution in [0.15, 0.2) is 53.4 Å². The van der Waals surface area contributed by atoms with Gasteiger partial charge in [-0.15, -0.1) is 0 Å².